The third kappa shape index (κ3) is 2.20. The Kier molecular flexibility index (Phi) is 2.95. The highest BCUT2D eigenvalue weighted by Crippen LogP contribution is 2.26. The fraction of sp³-hybridized carbons (Fsp3) is 0.182. The van der Waals surface area contributed by atoms with Gasteiger partial charge in [0, 0.05) is 18.7 Å². The third-order valence-electron chi connectivity index (χ3n) is 2.22. The number of anilines is 1. The number of hydrogen-bond acceptors (Lipinski definition) is 4. The van der Waals surface area contributed by atoms with Gasteiger partial charge < -0.3 is 5.32 Å². The first-order valence-electron chi connectivity index (χ1n) is 4.96. The predicted molar refractivity (Wildman–Crippen MR) is 59.5 cm³/mol. The third-order valence-corrected chi connectivity index (χ3v) is 2.22. The molecule has 4 nitrogen and oxygen atoms in total. The molecule has 1 N–H and O–H groups in total. The average Bonchev–Trinajstić information content (AvgIpc) is 2.30. The van der Waals surface area contributed by atoms with E-state index < -0.39 is 11.6 Å². The second-order valence-electron chi connectivity index (χ2n) is 3.43. The normalized spacial score (nSPS) is 10.4. The number of aryl methyl sites for hydroxylation is 1. The van der Waals surface area contributed by atoms with Gasteiger partial charge in [-0.25, -0.2) is 13.8 Å². The molecule has 0 fully saturated rings. The van der Waals surface area contributed by atoms with Gasteiger partial charge in [-0.15, -0.1) is 10.2 Å². The summed E-state index contributed by atoms with van der Waals surface area (Å²) in [6, 6.07) is 3.28. The predicted octanol–water partition coefficient (Wildman–Crippen LogP) is 2.17. The van der Waals surface area contributed by atoms with Crippen LogP contribution in [0.25, 0.3) is 11.3 Å². The van der Waals surface area contributed by atoms with Crippen molar-refractivity contribution in [1.82, 2.24) is 15.2 Å². The van der Waals surface area contributed by atoms with Crippen molar-refractivity contribution in [3.05, 3.63) is 35.7 Å². The number of nitrogens with one attached hydrogen (secondary N) is 1. The Bertz CT molecular complexity index is 557. The van der Waals surface area contributed by atoms with Gasteiger partial charge in [0.2, 0.25) is 0 Å². The first-order valence-corrected chi connectivity index (χ1v) is 4.96. The summed E-state index contributed by atoms with van der Waals surface area (Å²) in [4.78, 5) is 4.09. The van der Waals surface area contributed by atoms with Crippen LogP contribution in [0.15, 0.2) is 18.2 Å². The number of rotatable bonds is 2. The van der Waals surface area contributed by atoms with Crippen molar-refractivity contribution >= 4 is 5.82 Å². The van der Waals surface area contributed by atoms with E-state index in [9.17, 15) is 8.78 Å². The fourth-order valence-corrected chi connectivity index (χ4v) is 1.44. The average molecular weight is 236 g/mol. The smallest absolute Gasteiger partial charge is 0.156 e. The Hall–Kier alpha value is -2.11. The summed E-state index contributed by atoms with van der Waals surface area (Å²) in [5, 5.41) is 10.4. The van der Waals surface area contributed by atoms with Crippen LogP contribution in [0.5, 0.6) is 0 Å². The van der Waals surface area contributed by atoms with Crippen molar-refractivity contribution in [3.63, 3.8) is 0 Å². The van der Waals surface area contributed by atoms with E-state index in [1.807, 2.05) is 0 Å². The molecule has 2 aromatic rings. The molecule has 0 saturated heterocycles. The Morgan fingerprint density at radius 2 is 1.94 bits per heavy atom. The van der Waals surface area contributed by atoms with Crippen LogP contribution in [-0.4, -0.2) is 22.2 Å². The fourth-order valence-electron chi connectivity index (χ4n) is 1.44. The highest BCUT2D eigenvalue weighted by molar-refractivity contribution is 5.71. The number of benzene rings is 1. The van der Waals surface area contributed by atoms with E-state index in [0.29, 0.717) is 11.6 Å². The highest BCUT2D eigenvalue weighted by atomic mass is 19.1. The van der Waals surface area contributed by atoms with Crippen LogP contribution >= 0.6 is 0 Å². The van der Waals surface area contributed by atoms with Gasteiger partial charge in [-0.05, 0) is 19.1 Å². The van der Waals surface area contributed by atoms with Gasteiger partial charge in [-0.3, -0.25) is 0 Å². The van der Waals surface area contributed by atoms with Crippen LogP contribution in [0.3, 0.4) is 0 Å². The van der Waals surface area contributed by atoms with E-state index in [2.05, 4.69) is 20.5 Å². The minimum absolute atomic E-state index is 0.163. The van der Waals surface area contributed by atoms with Crippen molar-refractivity contribution in [1.29, 1.82) is 0 Å². The minimum Gasteiger partial charge on any atom is -0.371 e. The molecule has 0 saturated carbocycles. The van der Waals surface area contributed by atoms with Gasteiger partial charge in [0.15, 0.2) is 5.82 Å². The van der Waals surface area contributed by atoms with Gasteiger partial charge in [0.05, 0.1) is 0 Å². The van der Waals surface area contributed by atoms with Crippen molar-refractivity contribution in [3.8, 4) is 11.3 Å². The van der Waals surface area contributed by atoms with Crippen LogP contribution in [0.4, 0.5) is 14.6 Å². The zero-order chi connectivity index (χ0) is 12.4. The molecular formula is C11H10F2N4. The SMILES string of the molecule is CNc1nc(C)nnc1-c1ccc(F)cc1F. The molecule has 88 valence electrons. The van der Waals surface area contributed by atoms with E-state index in [4.69, 9.17) is 0 Å². The summed E-state index contributed by atoms with van der Waals surface area (Å²) >= 11 is 0. The molecule has 1 heterocycles. The first kappa shape index (κ1) is 11.4. The Balaban J connectivity index is 2.60. The zero-order valence-electron chi connectivity index (χ0n) is 9.33. The summed E-state index contributed by atoms with van der Waals surface area (Å²) in [5.74, 6) is -0.449. The molecule has 1 aromatic heterocycles. The molecule has 0 aliphatic rings. The van der Waals surface area contributed by atoms with E-state index in [1.165, 1.54) is 12.1 Å². The first-order chi connectivity index (χ1) is 8.11. The lowest BCUT2D eigenvalue weighted by Gasteiger charge is -2.07. The molecule has 0 aliphatic carbocycles. The summed E-state index contributed by atoms with van der Waals surface area (Å²) in [7, 11) is 1.65. The lowest BCUT2D eigenvalue weighted by molar-refractivity contribution is 0.585. The molecule has 0 amide bonds. The largest absolute Gasteiger partial charge is 0.371 e. The maximum absolute atomic E-state index is 13.6. The molecule has 0 spiro atoms. The van der Waals surface area contributed by atoms with Crippen LogP contribution in [0.2, 0.25) is 0 Å². The van der Waals surface area contributed by atoms with Gasteiger partial charge in [0.1, 0.15) is 23.2 Å². The lowest BCUT2D eigenvalue weighted by Crippen LogP contribution is -2.03. The quantitative estimate of drug-likeness (QED) is 0.868. The Morgan fingerprint density at radius 1 is 1.18 bits per heavy atom. The highest BCUT2D eigenvalue weighted by Gasteiger charge is 2.13. The molecule has 1 aromatic carbocycles. The van der Waals surface area contributed by atoms with Crippen molar-refractivity contribution in [2.75, 3.05) is 12.4 Å². The van der Waals surface area contributed by atoms with Crippen molar-refractivity contribution < 1.29 is 8.78 Å². The molecule has 0 aliphatic heterocycles. The molecule has 0 atom stereocenters. The Morgan fingerprint density at radius 3 is 2.59 bits per heavy atom. The molecule has 0 unspecified atom stereocenters. The van der Waals surface area contributed by atoms with Crippen LogP contribution in [0.1, 0.15) is 5.82 Å². The summed E-state index contributed by atoms with van der Waals surface area (Å²) in [6.45, 7) is 1.68. The second-order valence-corrected chi connectivity index (χ2v) is 3.43. The van der Waals surface area contributed by atoms with Gasteiger partial charge in [0.25, 0.3) is 0 Å². The molecule has 0 bridgehead atoms. The van der Waals surface area contributed by atoms with E-state index >= 15 is 0 Å². The topological polar surface area (TPSA) is 50.7 Å². The number of hydrogen-bond donors (Lipinski definition) is 1. The molecule has 6 heteroatoms. The van der Waals surface area contributed by atoms with E-state index in [-0.39, 0.29) is 11.3 Å². The standard InChI is InChI=1S/C11H10F2N4/c1-6-15-11(14-2)10(17-16-6)8-4-3-7(12)5-9(8)13/h3-5H,1-2H3,(H,14,15,16). The Labute approximate surface area is 96.7 Å². The second kappa shape index (κ2) is 4.40. The van der Waals surface area contributed by atoms with E-state index in [0.717, 1.165) is 6.07 Å². The van der Waals surface area contributed by atoms with Crippen LogP contribution in [-0.2, 0) is 0 Å². The van der Waals surface area contributed by atoms with Crippen molar-refractivity contribution in [2.24, 2.45) is 0 Å². The molecule has 2 rings (SSSR count). The summed E-state index contributed by atoms with van der Waals surface area (Å²) in [5.41, 5.74) is 0.423. The molecule has 0 radical (unpaired) electrons. The van der Waals surface area contributed by atoms with Crippen LogP contribution in [0, 0.1) is 18.6 Å². The monoisotopic (exact) mass is 236 g/mol. The summed E-state index contributed by atoms with van der Waals surface area (Å²) < 4.78 is 26.4. The van der Waals surface area contributed by atoms with Gasteiger partial charge >= 0.3 is 0 Å². The van der Waals surface area contributed by atoms with Crippen LogP contribution < -0.4 is 5.32 Å². The zero-order valence-corrected chi connectivity index (χ0v) is 9.33. The molecular weight excluding hydrogens is 226 g/mol. The minimum atomic E-state index is -0.693. The number of aromatic nitrogens is 3. The summed E-state index contributed by atoms with van der Waals surface area (Å²) in [6.07, 6.45) is 0. The maximum Gasteiger partial charge on any atom is 0.156 e. The van der Waals surface area contributed by atoms with E-state index in [1.54, 1.807) is 14.0 Å². The lowest BCUT2D eigenvalue weighted by atomic mass is 10.1. The molecule has 17 heavy (non-hydrogen) atoms. The van der Waals surface area contributed by atoms with Gasteiger partial charge in [-0.1, -0.05) is 0 Å². The van der Waals surface area contributed by atoms with Gasteiger partial charge in [-0.2, -0.15) is 0 Å². The number of nitrogens with zero attached hydrogens (tertiary/aromatic N) is 3. The maximum atomic E-state index is 13.6. The van der Waals surface area contributed by atoms with Crippen molar-refractivity contribution in [2.45, 2.75) is 6.92 Å². The number of halogens is 2.